The second-order valence-corrected chi connectivity index (χ2v) is 7.10. The first-order valence-electron chi connectivity index (χ1n) is 8.93. The van der Waals surface area contributed by atoms with E-state index in [1.807, 2.05) is 30.3 Å². The minimum atomic E-state index is -0.660. The number of carbonyl (C=O) groups excluding carboxylic acids is 3. The van der Waals surface area contributed by atoms with Gasteiger partial charge < -0.3 is 20.5 Å². The second-order valence-electron chi connectivity index (χ2n) is 6.05. The molecule has 7 nitrogen and oxygen atoms in total. The van der Waals surface area contributed by atoms with E-state index in [9.17, 15) is 14.4 Å². The summed E-state index contributed by atoms with van der Waals surface area (Å²) in [5.74, 6) is -1.65. The Morgan fingerprint density at radius 3 is 2.48 bits per heavy atom. The van der Waals surface area contributed by atoms with Gasteiger partial charge in [-0.05, 0) is 23.8 Å². The summed E-state index contributed by atoms with van der Waals surface area (Å²) in [7, 11) is 1.47. The minimum Gasteiger partial charge on any atom is -0.462 e. The maximum atomic E-state index is 12.7. The Labute approximate surface area is 171 Å². The van der Waals surface area contributed by atoms with Crippen molar-refractivity contribution in [2.24, 2.45) is 0 Å². The van der Waals surface area contributed by atoms with Crippen LogP contribution in [-0.4, -0.2) is 31.5 Å². The van der Waals surface area contributed by atoms with E-state index in [2.05, 4.69) is 5.32 Å². The molecule has 0 fully saturated rings. The molecular formula is C21H20N2O5S. The zero-order valence-electron chi connectivity index (χ0n) is 16.0. The molecule has 0 radical (unpaired) electrons. The quantitative estimate of drug-likeness (QED) is 0.601. The second kappa shape index (κ2) is 8.74. The summed E-state index contributed by atoms with van der Waals surface area (Å²) in [6.07, 6.45) is 0. The molecule has 0 bridgehead atoms. The number of amides is 1. The molecule has 1 heterocycles. The molecule has 1 aromatic heterocycles. The van der Waals surface area contributed by atoms with E-state index in [-0.39, 0.29) is 34.2 Å². The third-order valence-electron chi connectivity index (χ3n) is 4.30. The predicted octanol–water partition coefficient (Wildman–Crippen LogP) is 3.38. The van der Waals surface area contributed by atoms with E-state index in [4.69, 9.17) is 15.2 Å². The molecule has 0 saturated heterocycles. The molecule has 2 aromatic carbocycles. The number of carbonyl (C=O) groups is 3. The Balaban J connectivity index is 1.93. The van der Waals surface area contributed by atoms with Gasteiger partial charge in [0, 0.05) is 12.6 Å². The van der Waals surface area contributed by atoms with Gasteiger partial charge in [0.1, 0.15) is 22.0 Å². The summed E-state index contributed by atoms with van der Waals surface area (Å²) in [6.45, 7) is 1.53. The van der Waals surface area contributed by atoms with Gasteiger partial charge in [-0.15, -0.1) is 11.3 Å². The number of hydrogen-bond acceptors (Lipinski definition) is 7. The smallest absolute Gasteiger partial charge is 0.341 e. The summed E-state index contributed by atoms with van der Waals surface area (Å²) in [4.78, 5) is 37.5. The number of hydrogen-bond donors (Lipinski definition) is 2. The molecule has 0 aliphatic heterocycles. The van der Waals surface area contributed by atoms with Gasteiger partial charge in [0.25, 0.3) is 5.91 Å². The predicted molar refractivity (Wildman–Crippen MR) is 111 cm³/mol. The molecule has 3 aromatic rings. The normalized spacial score (nSPS) is 10.6. The zero-order chi connectivity index (χ0) is 21.0. The number of ether oxygens (including phenoxy) is 2. The van der Waals surface area contributed by atoms with Crippen molar-refractivity contribution in [3.8, 4) is 0 Å². The molecule has 3 N–H and O–H groups in total. The lowest BCUT2D eigenvalue weighted by Gasteiger charge is -2.10. The minimum absolute atomic E-state index is 0.0566. The van der Waals surface area contributed by atoms with Gasteiger partial charge in [0.05, 0.1) is 12.2 Å². The lowest BCUT2D eigenvalue weighted by molar-refractivity contribution is 0.0451. The van der Waals surface area contributed by atoms with E-state index in [0.717, 1.165) is 22.1 Å². The fraction of sp³-hybridized carbons (Fsp3) is 0.190. The number of esters is 2. The van der Waals surface area contributed by atoms with Crippen LogP contribution in [0, 0.1) is 0 Å². The molecule has 0 aliphatic carbocycles. The largest absolute Gasteiger partial charge is 0.462 e. The van der Waals surface area contributed by atoms with Gasteiger partial charge in [-0.2, -0.15) is 0 Å². The third-order valence-corrected chi connectivity index (χ3v) is 5.36. The summed E-state index contributed by atoms with van der Waals surface area (Å²) in [5, 5.41) is 4.29. The monoisotopic (exact) mass is 412 g/mol. The van der Waals surface area contributed by atoms with Gasteiger partial charge >= 0.3 is 11.9 Å². The highest BCUT2D eigenvalue weighted by Gasteiger charge is 2.27. The van der Waals surface area contributed by atoms with Crippen molar-refractivity contribution in [3.63, 3.8) is 0 Å². The van der Waals surface area contributed by atoms with Gasteiger partial charge in [-0.25, -0.2) is 9.59 Å². The maximum absolute atomic E-state index is 12.7. The molecule has 150 valence electrons. The first-order valence-corrected chi connectivity index (χ1v) is 9.74. The van der Waals surface area contributed by atoms with Crippen LogP contribution in [0.25, 0.3) is 10.8 Å². The lowest BCUT2D eigenvalue weighted by Crippen LogP contribution is -2.20. The number of fused-ring (bicyclic) bond motifs is 1. The number of benzene rings is 2. The van der Waals surface area contributed by atoms with Crippen molar-refractivity contribution in [2.45, 2.75) is 13.5 Å². The zero-order valence-corrected chi connectivity index (χ0v) is 16.8. The average Bonchev–Trinajstić information content (AvgIpc) is 3.07. The fourth-order valence-electron chi connectivity index (χ4n) is 2.97. The highest BCUT2D eigenvalue weighted by Crippen LogP contribution is 2.33. The summed E-state index contributed by atoms with van der Waals surface area (Å²) in [5.41, 5.74) is 6.64. The highest BCUT2D eigenvalue weighted by molar-refractivity contribution is 7.18. The molecule has 0 saturated carbocycles. The number of nitrogens with one attached hydrogen (secondary N) is 1. The van der Waals surface area contributed by atoms with Crippen LogP contribution < -0.4 is 11.1 Å². The number of anilines is 1. The molecular weight excluding hydrogens is 392 g/mol. The van der Waals surface area contributed by atoms with Gasteiger partial charge in [-0.1, -0.05) is 36.4 Å². The summed E-state index contributed by atoms with van der Waals surface area (Å²) < 4.78 is 10.5. The lowest BCUT2D eigenvalue weighted by atomic mass is 10.0. The Bertz CT molecular complexity index is 1080. The third kappa shape index (κ3) is 4.07. The van der Waals surface area contributed by atoms with Gasteiger partial charge in [0.2, 0.25) is 0 Å². The summed E-state index contributed by atoms with van der Waals surface area (Å²) in [6, 6.07) is 12.8. The maximum Gasteiger partial charge on any atom is 0.341 e. The average molecular weight is 412 g/mol. The van der Waals surface area contributed by atoms with Crippen LogP contribution in [0.5, 0.6) is 0 Å². The van der Waals surface area contributed by atoms with Crippen molar-refractivity contribution in [1.82, 2.24) is 5.32 Å². The number of rotatable bonds is 6. The number of thiophene rings is 1. The van der Waals surface area contributed by atoms with Gasteiger partial charge in [-0.3, -0.25) is 4.79 Å². The van der Waals surface area contributed by atoms with Crippen LogP contribution >= 0.6 is 11.3 Å². The van der Waals surface area contributed by atoms with Crippen molar-refractivity contribution < 1.29 is 23.9 Å². The Hall–Kier alpha value is -3.39. The Morgan fingerprint density at radius 2 is 1.76 bits per heavy atom. The SMILES string of the molecule is CCOC(=O)c1c(N)sc(C(=O)NC)c1COC(=O)c1cccc2ccccc12. The molecule has 29 heavy (non-hydrogen) atoms. The van der Waals surface area contributed by atoms with Crippen LogP contribution in [0.15, 0.2) is 42.5 Å². The molecule has 3 rings (SSSR count). The van der Waals surface area contributed by atoms with Crippen LogP contribution in [0.3, 0.4) is 0 Å². The first kappa shape index (κ1) is 20.3. The molecule has 0 unspecified atom stereocenters. The summed E-state index contributed by atoms with van der Waals surface area (Å²) >= 11 is 0.951. The van der Waals surface area contributed by atoms with Gasteiger partial charge in [0.15, 0.2) is 0 Å². The van der Waals surface area contributed by atoms with Crippen molar-refractivity contribution >= 4 is 45.0 Å². The fourth-order valence-corrected chi connectivity index (χ4v) is 3.97. The molecule has 0 atom stereocenters. The first-order chi connectivity index (χ1) is 14.0. The van der Waals surface area contributed by atoms with Crippen LogP contribution in [0.1, 0.15) is 42.9 Å². The van der Waals surface area contributed by atoms with E-state index >= 15 is 0 Å². The Morgan fingerprint density at radius 1 is 1.03 bits per heavy atom. The molecule has 8 heteroatoms. The standard InChI is InChI=1S/C21H20N2O5S/c1-3-27-21(26)16-15(17(19(24)23-2)29-18(16)22)11-28-20(25)14-10-6-8-12-7-4-5-9-13(12)14/h4-10H,3,11,22H2,1-2H3,(H,23,24). The van der Waals surface area contributed by atoms with E-state index in [1.54, 1.807) is 19.1 Å². The van der Waals surface area contributed by atoms with Crippen molar-refractivity contribution in [2.75, 3.05) is 19.4 Å². The molecule has 1 amide bonds. The van der Waals surface area contributed by atoms with Crippen molar-refractivity contribution in [3.05, 3.63) is 64.0 Å². The molecule has 0 spiro atoms. The molecule has 0 aliphatic rings. The van der Waals surface area contributed by atoms with E-state index < -0.39 is 17.8 Å². The number of nitrogen functional groups attached to an aromatic ring is 1. The van der Waals surface area contributed by atoms with Crippen LogP contribution in [0.2, 0.25) is 0 Å². The Kier molecular flexibility index (Phi) is 6.13. The van der Waals surface area contributed by atoms with E-state index in [0.29, 0.717) is 5.56 Å². The van der Waals surface area contributed by atoms with E-state index in [1.165, 1.54) is 7.05 Å². The number of nitrogens with two attached hydrogens (primary N) is 1. The van der Waals surface area contributed by atoms with Crippen LogP contribution in [-0.2, 0) is 16.1 Å². The highest BCUT2D eigenvalue weighted by atomic mass is 32.1. The van der Waals surface area contributed by atoms with Crippen LogP contribution in [0.4, 0.5) is 5.00 Å². The van der Waals surface area contributed by atoms with Crippen molar-refractivity contribution in [1.29, 1.82) is 0 Å². The topological polar surface area (TPSA) is 108 Å².